The number of nitrogens with one attached hydrogen (secondary N) is 1. The number of aliphatic hydroxyl groups is 1. The van der Waals surface area contributed by atoms with Crippen molar-refractivity contribution in [1.82, 2.24) is 9.97 Å². The third kappa shape index (κ3) is 3.58. The standard InChI is InChI=1S/C9H14BrN3O3/c1-15-5-6(4-14)12-9-11-3-7(10)8(13-9)16-2/h3,6,14H,4-5H2,1-2H3,(H,11,12,13). The normalized spacial score (nSPS) is 12.2. The summed E-state index contributed by atoms with van der Waals surface area (Å²) in [5.41, 5.74) is 0. The van der Waals surface area contributed by atoms with Gasteiger partial charge in [-0.1, -0.05) is 0 Å². The second-order valence-corrected chi connectivity index (χ2v) is 3.88. The van der Waals surface area contributed by atoms with E-state index in [0.717, 1.165) is 0 Å². The van der Waals surface area contributed by atoms with Crippen LogP contribution in [-0.2, 0) is 4.74 Å². The van der Waals surface area contributed by atoms with Crippen LogP contribution in [0.5, 0.6) is 5.88 Å². The minimum Gasteiger partial charge on any atom is -0.480 e. The number of nitrogens with zero attached hydrogens (tertiary/aromatic N) is 2. The van der Waals surface area contributed by atoms with Crippen molar-refractivity contribution >= 4 is 21.9 Å². The van der Waals surface area contributed by atoms with Gasteiger partial charge in [0, 0.05) is 7.11 Å². The Kier molecular flexibility index (Phi) is 5.44. The van der Waals surface area contributed by atoms with Gasteiger partial charge in [-0.2, -0.15) is 4.98 Å². The molecule has 1 aromatic heterocycles. The smallest absolute Gasteiger partial charge is 0.232 e. The molecule has 1 rings (SSSR count). The molecule has 90 valence electrons. The van der Waals surface area contributed by atoms with Gasteiger partial charge in [0.25, 0.3) is 0 Å². The van der Waals surface area contributed by atoms with Crippen molar-refractivity contribution in [3.8, 4) is 5.88 Å². The van der Waals surface area contributed by atoms with Crippen LogP contribution in [0.2, 0.25) is 0 Å². The lowest BCUT2D eigenvalue weighted by atomic mass is 10.3. The summed E-state index contributed by atoms with van der Waals surface area (Å²) in [6.45, 7) is 0.313. The highest BCUT2D eigenvalue weighted by atomic mass is 79.9. The van der Waals surface area contributed by atoms with E-state index in [0.29, 0.717) is 22.9 Å². The Hall–Kier alpha value is -0.920. The molecule has 0 aromatic carbocycles. The van der Waals surface area contributed by atoms with E-state index in [-0.39, 0.29) is 12.6 Å². The third-order valence-corrected chi connectivity index (χ3v) is 2.37. The van der Waals surface area contributed by atoms with Gasteiger partial charge in [-0.05, 0) is 15.9 Å². The van der Waals surface area contributed by atoms with E-state index in [4.69, 9.17) is 14.6 Å². The lowest BCUT2D eigenvalue weighted by molar-refractivity contribution is 0.153. The van der Waals surface area contributed by atoms with Crippen LogP contribution < -0.4 is 10.1 Å². The number of ether oxygens (including phenoxy) is 2. The van der Waals surface area contributed by atoms with Gasteiger partial charge in [0.15, 0.2) is 0 Å². The molecule has 0 aliphatic heterocycles. The maximum atomic E-state index is 9.06. The second-order valence-electron chi connectivity index (χ2n) is 3.03. The summed E-state index contributed by atoms with van der Waals surface area (Å²) in [5, 5.41) is 12.0. The number of anilines is 1. The molecule has 0 aliphatic rings. The largest absolute Gasteiger partial charge is 0.480 e. The number of rotatable bonds is 6. The fraction of sp³-hybridized carbons (Fsp3) is 0.556. The van der Waals surface area contributed by atoms with E-state index in [1.165, 1.54) is 7.11 Å². The molecule has 0 bridgehead atoms. The van der Waals surface area contributed by atoms with E-state index in [1.54, 1.807) is 13.3 Å². The number of aromatic nitrogens is 2. The molecule has 1 aromatic rings. The summed E-state index contributed by atoms with van der Waals surface area (Å²) in [4.78, 5) is 8.14. The number of aliphatic hydroxyl groups excluding tert-OH is 1. The Balaban J connectivity index is 2.72. The molecule has 1 heterocycles. The summed E-state index contributed by atoms with van der Waals surface area (Å²) in [7, 11) is 3.09. The number of hydrogen-bond acceptors (Lipinski definition) is 6. The Morgan fingerprint density at radius 3 is 2.88 bits per heavy atom. The molecule has 1 unspecified atom stereocenters. The van der Waals surface area contributed by atoms with Crippen LogP contribution in [0.1, 0.15) is 0 Å². The van der Waals surface area contributed by atoms with Crippen molar-refractivity contribution in [2.24, 2.45) is 0 Å². The predicted octanol–water partition coefficient (Wildman–Crippen LogP) is 0.667. The van der Waals surface area contributed by atoms with Crippen LogP contribution in [0.4, 0.5) is 5.95 Å². The number of methoxy groups -OCH3 is 2. The molecule has 0 spiro atoms. The van der Waals surface area contributed by atoms with E-state index in [2.05, 4.69) is 31.2 Å². The molecule has 7 heteroatoms. The summed E-state index contributed by atoms with van der Waals surface area (Å²) in [6, 6.07) is -0.240. The van der Waals surface area contributed by atoms with E-state index in [9.17, 15) is 0 Å². The molecule has 2 N–H and O–H groups in total. The van der Waals surface area contributed by atoms with Crippen molar-refractivity contribution in [1.29, 1.82) is 0 Å². The van der Waals surface area contributed by atoms with Crippen molar-refractivity contribution in [2.45, 2.75) is 6.04 Å². The minimum atomic E-state index is -0.240. The summed E-state index contributed by atoms with van der Waals surface area (Å²) in [5.74, 6) is 0.822. The molecular formula is C9H14BrN3O3. The maximum Gasteiger partial charge on any atom is 0.232 e. The first-order chi connectivity index (χ1) is 7.71. The van der Waals surface area contributed by atoms with Gasteiger partial charge in [-0.25, -0.2) is 4.98 Å². The highest BCUT2D eigenvalue weighted by molar-refractivity contribution is 9.10. The van der Waals surface area contributed by atoms with Crippen molar-refractivity contribution in [3.63, 3.8) is 0 Å². The molecule has 1 atom stereocenters. The average Bonchev–Trinajstić information content (AvgIpc) is 2.30. The summed E-state index contributed by atoms with van der Waals surface area (Å²) < 4.78 is 10.6. The van der Waals surface area contributed by atoms with Crippen LogP contribution in [0.25, 0.3) is 0 Å². The quantitative estimate of drug-likeness (QED) is 0.802. The predicted molar refractivity (Wildman–Crippen MR) is 62.7 cm³/mol. The van der Waals surface area contributed by atoms with Crippen LogP contribution in [0.3, 0.4) is 0 Å². The van der Waals surface area contributed by atoms with Crippen LogP contribution >= 0.6 is 15.9 Å². The lowest BCUT2D eigenvalue weighted by Gasteiger charge is -2.15. The van der Waals surface area contributed by atoms with Crippen molar-refractivity contribution in [2.75, 3.05) is 32.8 Å². The molecule has 0 aliphatic carbocycles. The van der Waals surface area contributed by atoms with Crippen LogP contribution in [-0.4, -0.2) is 48.5 Å². The van der Waals surface area contributed by atoms with Gasteiger partial charge < -0.3 is 19.9 Å². The van der Waals surface area contributed by atoms with Gasteiger partial charge in [-0.15, -0.1) is 0 Å². The van der Waals surface area contributed by atoms with Gasteiger partial charge in [0.2, 0.25) is 11.8 Å². The molecule has 16 heavy (non-hydrogen) atoms. The first-order valence-electron chi connectivity index (χ1n) is 4.64. The molecular weight excluding hydrogens is 278 g/mol. The van der Waals surface area contributed by atoms with Crippen LogP contribution in [0.15, 0.2) is 10.7 Å². The zero-order valence-electron chi connectivity index (χ0n) is 9.11. The zero-order valence-corrected chi connectivity index (χ0v) is 10.7. The van der Waals surface area contributed by atoms with E-state index < -0.39 is 0 Å². The van der Waals surface area contributed by atoms with Crippen molar-refractivity contribution in [3.05, 3.63) is 10.7 Å². The zero-order chi connectivity index (χ0) is 12.0. The van der Waals surface area contributed by atoms with Gasteiger partial charge in [-0.3, -0.25) is 0 Å². The van der Waals surface area contributed by atoms with Crippen molar-refractivity contribution < 1.29 is 14.6 Å². The molecule has 0 amide bonds. The molecule has 0 saturated heterocycles. The third-order valence-electron chi connectivity index (χ3n) is 1.83. The topological polar surface area (TPSA) is 76.5 Å². The van der Waals surface area contributed by atoms with Gasteiger partial charge in [0.1, 0.15) is 0 Å². The lowest BCUT2D eigenvalue weighted by Crippen LogP contribution is -2.29. The molecule has 0 fully saturated rings. The maximum absolute atomic E-state index is 9.06. The first-order valence-corrected chi connectivity index (χ1v) is 5.43. The Morgan fingerprint density at radius 1 is 1.56 bits per heavy atom. The number of hydrogen-bond donors (Lipinski definition) is 2. The summed E-state index contributed by atoms with van der Waals surface area (Å²) >= 11 is 3.25. The average molecular weight is 292 g/mol. The number of halogens is 1. The van der Waals surface area contributed by atoms with Gasteiger partial charge >= 0.3 is 0 Å². The highest BCUT2D eigenvalue weighted by Gasteiger charge is 2.10. The highest BCUT2D eigenvalue weighted by Crippen LogP contribution is 2.21. The van der Waals surface area contributed by atoms with E-state index >= 15 is 0 Å². The SMILES string of the molecule is COCC(CO)Nc1ncc(Br)c(OC)n1. The summed E-state index contributed by atoms with van der Waals surface area (Å²) in [6.07, 6.45) is 1.58. The minimum absolute atomic E-state index is 0.0599. The second kappa shape index (κ2) is 6.62. The fourth-order valence-electron chi connectivity index (χ4n) is 1.09. The molecule has 0 radical (unpaired) electrons. The Morgan fingerprint density at radius 2 is 2.31 bits per heavy atom. The van der Waals surface area contributed by atoms with Gasteiger partial charge in [0.05, 0.1) is 37.0 Å². The van der Waals surface area contributed by atoms with Crippen LogP contribution in [0, 0.1) is 0 Å². The Labute approximate surface area is 102 Å². The monoisotopic (exact) mass is 291 g/mol. The first kappa shape index (κ1) is 13.1. The fourth-order valence-corrected chi connectivity index (χ4v) is 1.44. The Bertz CT molecular complexity index is 338. The van der Waals surface area contributed by atoms with E-state index in [1.807, 2.05) is 0 Å². The molecule has 6 nitrogen and oxygen atoms in total. The molecule has 0 saturated carbocycles.